The van der Waals surface area contributed by atoms with Gasteiger partial charge in [-0.2, -0.15) is 4.98 Å². The molecule has 1 aromatic heterocycles. The minimum atomic E-state index is -2.47. The summed E-state index contributed by atoms with van der Waals surface area (Å²) in [5, 5.41) is 6.58. The van der Waals surface area contributed by atoms with Gasteiger partial charge in [-0.15, -0.1) is 0 Å². The van der Waals surface area contributed by atoms with E-state index in [2.05, 4.69) is 53.1 Å². The highest BCUT2D eigenvalue weighted by Gasteiger charge is 2.27. The lowest BCUT2D eigenvalue weighted by Gasteiger charge is -2.42. The van der Waals surface area contributed by atoms with E-state index in [0.29, 0.717) is 34.9 Å². The highest BCUT2D eigenvalue weighted by molar-refractivity contribution is 7.80. The number of para-hydroxylation sites is 2. The number of hydrogen-bond donors (Lipinski definition) is 3. The van der Waals surface area contributed by atoms with Gasteiger partial charge < -0.3 is 34.4 Å². The molecule has 2 fully saturated rings. The number of nitrogens with one attached hydrogen (secondary N) is 3. The number of likely N-dealkylation sites (N-methyl/N-ethyl adjacent to an activating group) is 1. The minimum Gasteiger partial charge on any atom is -0.755 e. The molecule has 1 atom stereocenters. The summed E-state index contributed by atoms with van der Waals surface area (Å²) in [4.78, 5) is 16.3. The predicted molar refractivity (Wildman–Crippen MR) is 160 cm³/mol. The molecule has 40 heavy (non-hydrogen) atoms. The molecule has 5 rings (SSSR count). The maximum Gasteiger partial charge on any atom is 0.229 e. The molecule has 1 unspecified atom stereocenters. The summed E-state index contributed by atoms with van der Waals surface area (Å²) in [5.74, 6) is 1.31. The van der Waals surface area contributed by atoms with Gasteiger partial charge in [0.05, 0.1) is 30.4 Å². The lowest BCUT2D eigenvalue weighted by atomic mass is 10.0. The summed E-state index contributed by atoms with van der Waals surface area (Å²) in [5.41, 5.74) is 2.70. The van der Waals surface area contributed by atoms with Crippen LogP contribution in [0.25, 0.3) is 0 Å². The van der Waals surface area contributed by atoms with Crippen LogP contribution in [-0.4, -0.2) is 88.0 Å². The molecular weight excluding hydrogens is 552 g/mol. The number of methoxy groups -OCH3 is 1. The van der Waals surface area contributed by atoms with Gasteiger partial charge in [-0.3, -0.25) is 9.11 Å². The molecular formula is C27H34ClN8O3S-. The van der Waals surface area contributed by atoms with Crippen molar-refractivity contribution in [2.75, 3.05) is 73.7 Å². The Morgan fingerprint density at radius 1 is 1.00 bits per heavy atom. The van der Waals surface area contributed by atoms with E-state index in [1.807, 2.05) is 12.1 Å². The maximum absolute atomic E-state index is 11.2. The van der Waals surface area contributed by atoms with Crippen LogP contribution >= 0.6 is 11.6 Å². The number of piperidine rings is 1. The summed E-state index contributed by atoms with van der Waals surface area (Å²) in [6, 6.07) is 13.6. The van der Waals surface area contributed by atoms with Gasteiger partial charge in [-0.1, -0.05) is 23.7 Å². The number of piperazine rings is 1. The summed E-state index contributed by atoms with van der Waals surface area (Å²) >= 11 is 3.87. The Bertz CT molecular complexity index is 1330. The molecule has 0 bridgehead atoms. The van der Waals surface area contributed by atoms with Crippen LogP contribution in [-0.2, 0) is 11.3 Å². The first-order chi connectivity index (χ1) is 19.4. The van der Waals surface area contributed by atoms with Crippen LogP contribution < -0.4 is 25.0 Å². The van der Waals surface area contributed by atoms with Crippen LogP contribution in [0.1, 0.15) is 12.8 Å². The Labute approximate surface area is 242 Å². The molecule has 3 N–H and O–H groups in total. The lowest BCUT2D eigenvalue weighted by molar-refractivity contribution is 0.0982. The van der Waals surface area contributed by atoms with Crippen molar-refractivity contribution >= 4 is 57.4 Å². The first-order valence-corrected chi connectivity index (χ1v) is 14.7. The Morgan fingerprint density at radius 2 is 1.73 bits per heavy atom. The van der Waals surface area contributed by atoms with Crippen LogP contribution in [0.3, 0.4) is 0 Å². The van der Waals surface area contributed by atoms with E-state index in [-0.39, 0.29) is 5.02 Å². The van der Waals surface area contributed by atoms with Crippen LogP contribution in [0.5, 0.6) is 5.75 Å². The van der Waals surface area contributed by atoms with Crippen LogP contribution in [0, 0.1) is 0 Å². The number of halogens is 1. The molecule has 13 heteroatoms. The second-order valence-corrected chi connectivity index (χ2v) is 11.0. The van der Waals surface area contributed by atoms with Crippen molar-refractivity contribution in [2.24, 2.45) is 0 Å². The number of benzene rings is 2. The monoisotopic (exact) mass is 585 g/mol. The predicted octanol–water partition coefficient (Wildman–Crippen LogP) is 4.05. The molecule has 214 valence electrons. The molecule has 2 aliphatic heterocycles. The van der Waals surface area contributed by atoms with E-state index in [9.17, 15) is 8.76 Å². The maximum atomic E-state index is 11.2. The van der Waals surface area contributed by atoms with Gasteiger partial charge in [-0.25, -0.2) is 4.98 Å². The van der Waals surface area contributed by atoms with Crippen molar-refractivity contribution < 1.29 is 13.5 Å². The smallest absolute Gasteiger partial charge is 0.229 e. The zero-order chi connectivity index (χ0) is 28.1. The quantitative estimate of drug-likeness (QED) is 0.317. The van der Waals surface area contributed by atoms with Crippen LogP contribution in [0.2, 0.25) is 5.02 Å². The Morgan fingerprint density at radius 3 is 2.42 bits per heavy atom. The summed E-state index contributed by atoms with van der Waals surface area (Å²) in [6.07, 6.45) is 3.79. The van der Waals surface area contributed by atoms with Crippen molar-refractivity contribution in [1.29, 1.82) is 0 Å². The van der Waals surface area contributed by atoms with Gasteiger partial charge >= 0.3 is 0 Å². The zero-order valence-corrected chi connectivity index (χ0v) is 24.2. The van der Waals surface area contributed by atoms with E-state index < -0.39 is 11.3 Å². The second-order valence-electron chi connectivity index (χ2n) is 9.96. The average molecular weight is 586 g/mol. The van der Waals surface area contributed by atoms with Crippen molar-refractivity contribution in [2.45, 2.75) is 18.9 Å². The van der Waals surface area contributed by atoms with Gasteiger partial charge in [0.15, 0.2) is 5.82 Å². The number of rotatable bonds is 9. The average Bonchev–Trinajstić information content (AvgIpc) is 2.96. The zero-order valence-electron chi connectivity index (χ0n) is 22.6. The molecule has 0 amide bonds. The largest absolute Gasteiger partial charge is 0.755 e. The van der Waals surface area contributed by atoms with Crippen molar-refractivity contribution in [1.82, 2.24) is 19.8 Å². The van der Waals surface area contributed by atoms with Crippen molar-refractivity contribution in [3.05, 3.63) is 53.7 Å². The normalized spacial score (nSPS) is 17.9. The summed E-state index contributed by atoms with van der Waals surface area (Å²) in [6.45, 7) is 6.63. The topological polar surface area (TPSA) is 121 Å². The molecule has 3 aromatic rings. The summed E-state index contributed by atoms with van der Waals surface area (Å²) < 4.78 is 30.4. The van der Waals surface area contributed by atoms with E-state index in [0.717, 1.165) is 63.5 Å². The standard InChI is InChI=1S/C27H35ClN8O3S/c1-34-13-15-36(16-14-34)19-9-11-35(12-10-19)20-7-8-24(25(17-20)39-2)31-27-29-18-21(28)26(32-27)30-22-5-3-4-6-23(22)33-40(37)38/h3-8,17-19,33H,9-16H2,1-2H3,(H,37,38)(H2,29,30,31,32)/p-1. The summed E-state index contributed by atoms with van der Waals surface area (Å²) in [7, 11) is 3.84. The van der Waals surface area contributed by atoms with Gasteiger partial charge in [-0.05, 0) is 44.2 Å². The lowest BCUT2D eigenvalue weighted by Crippen LogP contribution is -2.52. The third-order valence-electron chi connectivity index (χ3n) is 7.43. The molecule has 0 radical (unpaired) electrons. The van der Waals surface area contributed by atoms with Gasteiger partial charge in [0, 0.05) is 68.3 Å². The number of aromatic nitrogens is 2. The fraction of sp³-hybridized carbons (Fsp3) is 0.407. The van der Waals surface area contributed by atoms with Crippen molar-refractivity contribution in [3.8, 4) is 5.75 Å². The highest BCUT2D eigenvalue weighted by atomic mass is 35.5. The van der Waals surface area contributed by atoms with Gasteiger partial charge in [0.1, 0.15) is 10.8 Å². The molecule has 3 heterocycles. The molecule has 2 aromatic carbocycles. The van der Waals surface area contributed by atoms with Crippen LogP contribution in [0.4, 0.5) is 34.5 Å². The van der Waals surface area contributed by atoms with Crippen molar-refractivity contribution in [3.63, 3.8) is 0 Å². The van der Waals surface area contributed by atoms with Gasteiger partial charge in [0.25, 0.3) is 0 Å². The van der Waals surface area contributed by atoms with E-state index >= 15 is 0 Å². The second kappa shape index (κ2) is 13.0. The molecule has 2 saturated heterocycles. The Kier molecular flexibility index (Phi) is 9.22. The molecule has 2 aliphatic rings. The highest BCUT2D eigenvalue weighted by Crippen LogP contribution is 2.34. The fourth-order valence-electron chi connectivity index (χ4n) is 5.19. The minimum absolute atomic E-state index is 0.283. The van der Waals surface area contributed by atoms with E-state index in [1.54, 1.807) is 31.4 Å². The molecule has 0 saturated carbocycles. The third-order valence-corrected chi connectivity index (χ3v) is 8.10. The molecule has 11 nitrogen and oxygen atoms in total. The molecule has 0 spiro atoms. The first-order valence-electron chi connectivity index (χ1n) is 13.3. The van der Waals surface area contributed by atoms with E-state index in [1.165, 1.54) is 6.20 Å². The first kappa shape index (κ1) is 28.4. The number of ether oxygens (including phenoxy) is 1. The van der Waals surface area contributed by atoms with E-state index in [4.69, 9.17) is 16.3 Å². The Balaban J connectivity index is 1.26. The Hall–Kier alpha value is -3.16. The number of nitrogens with zero attached hydrogens (tertiary/aromatic N) is 5. The van der Waals surface area contributed by atoms with Crippen LogP contribution in [0.15, 0.2) is 48.7 Å². The third kappa shape index (κ3) is 6.94. The van der Waals surface area contributed by atoms with Gasteiger partial charge in [0.2, 0.25) is 5.95 Å². The SMILES string of the molecule is COc1cc(N2CCC(N3CCN(C)CC3)CC2)ccc1Nc1ncc(Cl)c(Nc2ccccc2NS(=O)[O-])n1. The fourth-order valence-corrected chi connectivity index (χ4v) is 5.69. The number of hydrogen-bond acceptors (Lipinski definition) is 10. The number of anilines is 6. The molecule has 0 aliphatic carbocycles.